The lowest BCUT2D eigenvalue weighted by Gasteiger charge is -2.14. The van der Waals surface area contributed by atoms with Crippen LogP contribution in [0, 0.1) is 6.92 Å². The van der Waals surface area contributed by atoms with Crippen molar-refractivity contribution < 1.29 is 13.0 Å². The normalized spacial score (nSPS) is 14.3. The fourth-order valence-electron chi connectivity index (χ4n) is 3.39. The molecule has 6 heteroatoms. The molecule has 5 nitrogen and oxygen atoms in total. The number of aryl methyl sites for hydroxylation is 2. The SMILES string of the molecule is CCc1cccc2[nH]cc(C3=CCNCC3)c12.Cc1ccc(S(=O)(=O)O)cc1. The third-order valence-corrected chi connectivity index (χ3v) is 5.77. The van der Waals surface area contributed by atoms with Crippen LogP contribution in [0.4, 0.5) is 0 Å². The average Bonchev–Trinajstić information content (AvgIpc) is 3.13. The van der Waals surface area contributed by atoms with Crippen molar-refractivity contribution in [2.24, 2.45) is 0 Å². The maximum Gasteiger partial charge on any atom is 0.294 e. The minimum absolute atomic E-state index is 0.0666. The Balaban J connectivity index is 0.000000178. The number of aromatic amines is 1. The third-order valence-electron chi connectivity index (χ3n) is 4.90. The van der Waals surface area contributed by atoms with E-state index < -0.39 is 10.1 Å². The Labute approximate surface area is 166 Å². The number of hydrogen-bond acceptors (Lipinski definition) is 3. The molecule has 0 bridgehead atoms. The zero-order valence-corrected chi connectivity index (χ0v) is 17.0. The number of benzene rings is 2. The Kier molecular flexibility index (Phi) is 6.34. The van der Waals surface area contributed by atoms with Crippen molar-refractivity contribution in [2.45, 2.75) is 31.6 Å². The van der Waals surface area contributed by atoms with Crippen LogP contribution in [-0.4, -0.2) is 31.0 Å². The molecule has 0 spiro atoms. The maximum atomic E-state index is 10.5. The summed E-state index contributed by atoms with van der Waals surface area (Å²) in [6.07, 6.45) is 6.71. The highest BCUT2D eigenvalue weighted by atomic mass is 32.2. The summed E-state index contributed by atoms with van der Waals surface area (Å²) in [5, 5.41) is 4.79. The number of nitrogens with one attached hydrogen (secondary N) is 2. The first-order chi connectivity index (χ1) is 13.4. The second kappa shape index (κ2) is 8.73. The molecule has 1 aliphatic heterocycles. The molecule has 2 heterocycles. The minimum Gasteiger partial charge on any atom is -0.361 e. The second-order valence-corrected chi connectivity index (χ2v) is 8.29. The van der Waals surface area contributed by atoms with Gasteiger partial charge in [0, 0.05) is 29.2 Å². The summed E-state index contributed by atoms with van der Waals surface area (Å²) in [6, 6.07) is 12.5. The van der Waals surface area contributed by atoms with Crippen LogP contribution in [0.3, 0.4) is 0 Å². The Hall–Kier alpha value is -2.41. The molecule has 0 saturated heterocycles. The average molecular weight is 399 g/mol. The van der Waals surface area contributed by atoms with Crippen LogP contribution in [-0.2, 0) is 16.5 Å². The van der Waals surface area contributed by atoms with Crippen LogP contribution in [0.5, 0.6) is 0 Å². The number of hydrogen-bond donors (Lipinski definition) is 3. The van der Waals surface area contributed by atoms with Gasteiger partial charge >= 0.3 is 0 Å². The maximum absolute atomic E-state index is 10.5. The lowest BCUT2D eigenvalue weighted by Crippen LogP contribution is -2.19. The van der Waals surface area contributed by atoms with Gasteiger partial charge in [0.2, 0.25) is 0 Å². The second-order valence-electron chi connectivity index (χ2n) is 6.87. The molecule has 0 radical (unpaired) electrons. The van der Waals surface area contributed by atoms with Gasteiger partial charge in [0.1, 0.15) is 0 Å². The first-order valence-electron chi connectivity index (χ1n) is 9.43. The van der Waals surface area contributed by atoms with Crippen LogP contribution < -0.4 is 5.32 Å². The smallest absolute Gasteiger partial charge is 0.294 e. The zero-order valence-electron chi connectivity index (χ0n) is 16.2. The summed E-state index contributed by atoms with van der Waals surface area (Å²) in [5.41, 5.74) is 6.55. The van der Waals surface area contributed by atoms with Gasteiger partial charge in [-0.15, -0.1) is 0 Å². The molecule has 0 unspecified atom stereocenters. The van der Waals surface area contributed by atoms with Gasteiger partial charge in [-0.2, -0.15) is 8.42 Å². The molecule has 148 valence electrons. The summed E-state index contributed by atoms with van der Waals surface area (Å²) >= 11 is 0. The predicted octanol–water partition coefficient (Wildman–Crippen LogP) is 4.35. The van der Waals surface area contributed by atoms with Crippen LogP contribution in [0.2, 0.25) is 0 Å². The van der Waals surface area contributed by atoms with E-state index in [1.165, 1.54) is 39.7 Å². The quantitative estimate of drug-likeness (QED) is 0.573. The van der Waals surface area contributed by atoms with E-state index in [1.54, 1.807) is 12.1 Å². The van der Waals surface area contributed by atoms with Gasteiger partial charge in [0.05, 0.1) is 4.90 Å². The number of fused-ring (bicyclic) bond motifs is 1. The van der Waals surface area contributed by atoms with Gasteiger partial charge in [-0.25, -0.2) is 0 Å². The van der Waals surface area contributed by atoms with Gasteiger partial charge in [-0.1, -0.05) is 42.8 Å². The van der Waals surface area contributed by atoms with E-state index >= 15 is 0 Å². The van der Waals surface area contributed by atoms with Crippen molar-refractivity contribution in [1.29, 1.82) is 0 Å². The van der Waals surface area contributed by atoms with Crippen LogP contribution in [0.25, 0.3) is 16.5 Å². The minimum atomic E-state index is -4.02. The standard InChI is InChI=1S/C15H18N2.C7H8O3S/c1-2-11-4-3-5-14-15(11)13(10-17-14)12-6-8-16-9-7-12;1-6-2-4-7(5-3-6)11(8,9)10/h3-6,10,16-17H,2,7-9H2,1H3;2-5H,1H3,(H,8,9,10). The van der Waals surface area contributed by atoms with Crippen LogP contribution >= 0.6 is 0 Å². The molecule has 0 amide bonds. The van der Waals surface area contributed by atoms with E-state index in [0.717, 1.165) is 31.5 Å². The Bertz CT molecular complexity index is 1080. The lowest BCUT2D eigenvalue weighted by atomic mass is 9.96. The van der Waals surface area contributed by atoms with Gasteiger partial charge < -0.3 is 10.3 Å². The van der Waals surface area contributed by atoms with Crippen molar-refractivity contribution in [3.05, 3.63) is 71.4 Å². The van der Waals surface area contributed by atoms with E-state index in [9.17, 15) is 8.42 Å². The summed E-state index contributed by atoms with van der Waals surface area (Å²) in [5.74, 6) is 0. The van der Waals surface area contributed by atoms with E-state index in [4.69, 9.17) is 4.55 Å². The Morgan fingerprint density at radius 1 is 1.11 bits per heavy atom. The van der Waals surface area contributed by atoms with Crippen molar-refractivity contribution in [2.75, 3.05) is 13.1 Å². The molecule has 1 aromatic heterocycles. The summed E-state index contributed by atoms with van der Waals surface area (Å²) in [6.45, 7) is 6.15. The Morgan fingerprint density at radius 3 is 2.46 bits per heavy atom. The number of aromatic nitrogens is 1. The van der Waals surface area contributed by atoms with E-state index in [1.807, 2.05) is 6.92 Å². The molecule has 0 aliphatic carbocycles. The molecule has 3 aromatic rings. The van der Waals surface area contributed by atoms with Crippen molar-refractivity contribution in [3.63, 3.8) is 0 Å². The summed E-state index contributed by atoms with van der Waals surface area (Å²) < 4.78 is 29.6. The molecule has 0 atom stereocenters. The first-order valence-corrected chi connectivity index (χ1v) is 10.9. The number of rotatable bonds is 3. The molecule has 3 N–H and O–H groups in total. The fourth-order valence-corrected chi connectivity index (χ4v) is 3.87. The van der Waals surface area contributed by atoms with Gasteiger partial charge in [-0.05, 0) is 55.6 Å². The van der Waals surface area contributed by atoms with Gasteiger partial charge in [0.25, 0.3) is 10.1 Å². The highest BCUT2D eigenvalue weighted by Crippen LogP contribution is 2.30. The first kappa shape index (κ1) is 20.3. The molecular formula is C22H26N2O3S. The third kappa shape index (κ3) is 4.70. The zero-order chi connectivity index (χ0) is 20.1. The molecular weight excluding hydrogens is 372 g/mol. The van der Waals surface area contributed by atoms with E-state index in [2.05, 4.69) is 47.7 Å². The van der Waals surface area contributed by atoms with Gasteiger partial charge in [-0.3, -0.25) is 4.55 Å². The van der Waals surface area contributed by atoms with Crippen molar-refractivity contribution in [1.82, 2.24) is 10.3 Å². The van der Waals surface area contributed by atoms with Crippen molar-refractivity contribution >= 4 is 26.6 Å². The van der Waals surface area contributed by atoms with E-state index in [-0.39, 0.29) is 4.90 Å². The molecule has 4 rings (SSSR count). The monoisotopic (exact) mass is 398 g/mol. The van der Waals surface area contributed by atoms with Crippen LogP contribution in [0.15, 0.2) is 59.6 Å². The molecule has 0 saturated carbocycles. The number of H-pyrrole nitrogens is 1. The van der Waals surface area contributed by atoms with Crippen molar-refractivity contribution in [3.8, 4) is 0 Å². The topological polar surface area (TPSA) is 82.2 Å². The van der Waals surface area contributed by atoms with Gasteiger partial charge in [0.15, 0.2) is 0 Å². The predicted molar refractivity (Wildman–Crippen MR) is 114 cm³/mol. The molecule has 1 aliphatic rings. The molecule has 0 fully saturated rings. The Morgan fingerprint density at radius 2 is 1.86 bits per heavy atom. The fraction of sp³-hybridized carbons (Fsp3) is 0.273. The van der Waals surface area contributed by atoms with Crippen LogP contribution in [0.1, 0.15) is 30.0 Å². The summed E-state index contributed by atoms with van der Waals surface area (Å²) in [7, 11) is -4.02. The summed E-state index contributed by atoms with van der Waals surface area (Å²) in [4.78, 5) is 3.33. The lowest BCUT2D eigenvalue weighted by molar-refractivity contribution is 0.483. The largest absolute Gasteiger partial charge is 0.361 e. The highest BCUT2D eigenvalue weighted by Gasteiger charge is 2.12. The van der Waals surface area contributed by atoms with E-state index in [0.29, 0.717) is 0 Å². The molecule has 2 aromatic carbocycles. The molecule has 28 heavy (non-hydrogen) atoms. The highest BCUT2D eigenvalue weighted by molar-refractivity contribution is 7.85.